The van der Waals surface area contributed by atoms with Gasteiger partial charge in [0, 0.05) is 67.9 Å². The summed E-state index contributed by atoms with van der Waals surface area (Å²) in [7, 11) is 6.02. The number of benzene rings is 2. The van der Waals surface area contributed by atoms with E-state index in [1.54, 1.807) is 30.7 Å². The van der Waals surface area contributed by atoms with Gasteiger partial charge in [0.15, 0.2) is 0 Å². The number of aromatic nitrogens is 3. The Balaban J connectivity index is 1.29. The molecule has 2 aromatic heterocycles. The third kappa shape index (κ3) is 7.39. The van der Waals surface area contributed by atoms with Crippen molar-refractivity contribution in [1.82, 2.24) is 24.8 Å². The van der Waals surface area contributed by atoms with Crippen LogP contribution in [0.3, 0.4) is 0 Å². The number of methoxy groups -OCH3 is 1. The molecule has 0 aliphatic carbocycles. The third-order valence-corrected chi connectivity index (χ3v) is 9.11. The number of halogens is 1. The molecule has 2 aromatic carbocycles. The van der Waals surface area contributed by atoms with Crippen LogP contribution in [-0.2, 0) is 6.42 Å². The second-order valence-electron chi connectivity index (χ2n) is 10.8. The Morgan fingerprint density at radius 2 is 1.88 bits per heavy atom. The van der Waals surface area contributed by atoms with Crippen LogP contribution in [0.4, 0.5) is 17.3 Å². The first-order chi connectivity index (χ1) is 20.3. The summed E-state index contributed by atoms with van der Waals surface area (Å²) in [5.74, 6) is 1.24. The molecular formula is C32H40ClN7OS. The molecule has 222 valence electrons. The summed E-state index contributed by atoms with van der Waals surface area (Å²) < 4.78 is 5.45. The van der Waals surface area contributed by atoms with Crippen LogP contribution in [0.1, 0.15) is 23.9 Å². The number of hydrogen-bond acceptors (Lipinski definition) is 9. The van der Waals surface area contributed by atoms with Gasteiger partial charge in [0.05, 0.1) is 28.4 Å². The molecule has 0 atom stereocenters. The first kappa shape index (κ1) is 30.2. The van der Waals surface area contributed by atoms with Crippen molar-refractivity contribution < 1.29 is 4.74 Å². The normalized spacial score (nSPS) is 14.2. The molecule has 0 amide bonds. The highest BCUT2D eigenvalue weighted by Crippen LogP contribution is 2.39. The van der Waals surface area contributed by atoms with E-state index in [1.807, 2.05) is 18.2 Å². The maximum atomic E-state index is 6.39. The van der Waals surface area contributed by atoms with Crippen molar-refractivity contribution in [1.29, 1.82) is 0 Å². The number of nitrogens with one attached hydrogen (secondary N) is 1. The summed E-state index contributed by atoms with van der Waals surface area (Å²) >= 11 is 8.03. The molecule has 10 heteroatoms. The number of likely N-dealkylation sites (N-methyl/N-ethyl adjacent to an activating group) is 1. The second-order valence-corrected chi connectivity index (χ2v) is 12.4. The standard InChI is InChI=1S/C32H40ClN7OS/c1-6-29-37-30(23-19-24(33)21-26(20-23)41-5)31(42-29)27-10-11-34-32(36-27)35-25-8-9-28(22(2)18-25)39(4)12-7-13-40-16-14-38(3)15-17-40/h8-11,18-21H,6-7,12-17H2,1-5H3,(H,34,35,36). The smallest absolute Gasteiger partial charge is 0.227 e. The van der Waals surface area contributed by atoms with Crippen LogP contribution in [0, 0.1) is 6.92 Å². The molecule has 1 N–H and O–H groups in total. The Labute approximate surface area is 258 Å². The number of nitrogens with zero attached hydrogens (tertiary/aromatic N) is 6. The number of aryl methyl sites for hydroxylation is 2. The summed E-state index contributed by atoms with van der Waals surface area (Å²) in [4.78, 5) is 22.6. The van der Waals surface area contributed by atoms with Gasteiger partial charge in [0.2, 0.25) is 5.95 Å². The summed E-state index contributed by atoms with van der Waals surface area (Å²) in [6.45, 7) is 11.1. The number of thiazole rings is 1. The predicted octanol–water partition coefficient (Wildman–Crippen LogP) is 6.62. The van der Waals surface area contributed by atoms with Gasteiger partial charge in [-0.25, -0.2) is 15.0 Å². The van der Waals surface area contributed by atoms with E-state index in [-0.39, 0.29) is 0 Å². The van der Waals surface area contributed by atoms with E-state index in [2.05, 4.69) is 71.1 Å². The van der Waals surface area contributed by atoms with Crippen LogP contribution < -0.4 is 15.0 Å². The summed E-state index contributed by atoms with van der Waals surface area (Å²) in [5.41, 5.74) is 5.97. The van der Waals surface area contributed by atoms with E-state index in [1.165, 1.54) is 24.3 Å². The third-order valence-electron chi connectivity index (χ3n) is 7.67. The molecule has 5 rings (SSSR count). The first-order valence-electron chi connectivity index (χ1n) is 14.5. The zero-order chi connectivity index (χ0) is 29.6. The average Bonchev–Trinajstić information content (AvgIpc) is 3.43. The van der Waals surface area contributed by atoms with Gasteiger partial charge in [-0.15, -0.1) is 11.3 Å². The van der Waals surface area contributed by atoms with Gasteiger partial charge in [0.1, 0.15) is 5.75 Å². The van der Waals surface area contributed by atoms with Crippen molar-refractivity contribution in [2.75, 3.05) is 70.7 Å². The molecule has 1 saturated heterocycles. The fourth-order valence-electron chi connectivity index (χ4n) is 5.26. The maximum Gasteiger partial charge on any atom is 0.227 e. The molecular weight excluding hydrogens is 566 g/mol. The number of rotatable bonds is 11. The van der Waals surface area contributed by atoms with E-state index in [9.17, 15) is 0 Å². The topological polar surface area (TPSA) is 69.7 Å². The largest absolute Gasteiger partial charge is 0.497 e. The van der Waals surface area contributed by atoms with Crippen LogP contribution in [0.5, 0.6) is 5.75 Å². The lowest BCUT2D eigenvalue weighted by Crippen LogP contribution is -2.45. The molecule has 42 heavy (non-hydrogen) atoms. The van der Waals surface area contributed by atoms with E-state index in [4.69, 9.17) is 26.3 Å². The van der Waals surface area contributed by atoms with Crippen molar-refractivity contribution >= 4 is 40.3 Å². The van der Waals surface area contributed by atoms with E-state index in [0.29, 0.717) is 16.7 Å². The SMILES string of the molecule is CCc1nc(-c2cc(Cl)cc(OC)c2)c(-c2ccnc(Nc3ccc(N(C)CCCN4CCN(C)CC4)c(C)c3)n2)s1. The minimum Gasteiger partial charge on any atom is -0.497 e. The summed E-state index contributed by atoms with van der Waals surface area (Å²) in [5, 5.41) is 5.05. The van der Waals surface area contributed by atoms with Crippen molar-refractivity contribution in [2.24, 2.45) is 0 Å². The Kier molecular flexibility index (Phi) is 9.95. The number of anilines is 3. The molecule has 0 saturated carbocycles. The highest BCUT2D eigenvalue weighted by molar-refractivity contribution is 7.15. The Morgan fingerprint density at radius 3 is 2.62 bits per heavy atom. The molecule has 4 aromatic rings. The first-order valence-corrected chi connectivity index (χ1v) is 15.7. The lowest BCUT2D eigenvalue weighted by atomic mass is 10.1. The van der Waals surface area contributed by atoms with Crippen LogP contribution >= 0.6 is 22.9 Å². The van der Waals surface area contributed by atoms with Gasteiger partial charge in [-0.05, 0) is 81.4 Å². The zero-order valence-electron chi connectivity index (χ0n) is 25.2. The van der Waals surface area contributed by atoms with Gasteiger partial charge in [0.25, 0.3) is 0 Å². The molecule has 3 heterocycles. The van der Waals surface area contributed by atoms with Gasteiger partial charge in [-0.1, -0.05) is 18.5 Å². The fraction of sp³-hybridized carbons (Fsp3) is 0.406. The van der Waals surface area contributed by atoms with Crippen LogP contribution in [0.25, 0.3) is 21.8 Å². The lowest BCUT2D eigenvalue weighted by molar-refractivity contribution is 0.153. The van der Waals surface area contributed by atoms with Gasteiger partial charge in [-0.2, -0.15) is 0 Å². The second kappa shape index (κ2) is 13.8. The highest BCUT2D eigenvalue weighted by Gasteiger charge is 2.18. The molecule has 0 radical (unpaired) electrons. The van der Waals surface area contributed by atoms with Gasteiger partial charge in [-0.3, -0.25) is 0 Å². The summed E-state index contributed by atoms with van der Waals surface area (Å²) in [6.07, 6.45) is 3.77. The molecule has 8 nitrogen and oxygen atoms in total. The fourth-order valence-corrected chi connectivity index (χ4v) is 6.48. The van der Waals surface area contributed by atoms with Crippen LogP contribution in [-0.4, -0.2) is 85.2 Å². The Morgan fingerprint density at radius 1 is 1.07 bits per heavy atom. The van der Waals surface area contributed by atoms with Gasteiger partial charge >= 0.3 is 0 Å². The van der Waals surface area contributed by atoms with Crippen molar-refractivity contribution in [3.8, 4) is 27.6 Å². The summed E-state index contributed by atoms with van der Waals surface area (Å²) in [6, 6.07) is 14.0. The van der Waals surface area contributed by atoms with Crippen LogP contribution in [0.15, 0.2) is 48.7 Å². The Bertz CT molecular complexity index is 1500. The minimum absolute atomic E-state index is 0.543. The predicted molar refractivity (Wildman–Crippen MR) is 176 cm³/mol. The molecule has 1 aliphatic heterocycles. The van der Waals surface area contributed by atoms with E-state index < -0.39 is 0 Å². The Hall–Kier alpha value is -3.24. The molecule has 0 unspecified atom stereocenters. The lowest BCUT2D eigenvalue weighted by Gasteiger charge is -2.33. The van der Waals surface area contributed by atoms with Crippen molar-refractivity contribution in [3.05, 3.63) is 64.3 Å². The molecule has 1 aliphatic rings. The van der Waals surface area contributed by atoms with E-state index in [0.717, 1.165) is 71.5 Å². The quantitative estimate of drug-likeness (QED) is 0.205. The average molecular weight is 606 g/mol. The van der Waals surface area contributed by atoms with Crippen molar-refractivity contribution in [2.45, 2.75) is 26.7 Å². The monoisotopic (exact) mass is 605 g/mol. The minimum atomic E-state index is 0.543. The van der Waals surface area contributed by atoms with Crippen LogP contribution in [0.2, 0.25) is 5.02 Å². The van der Waals surface area contributed by atoms with E-state index >= 15 is 0 Å². The number of ether oxygens (including phenoxy) is 1. The molecule has 0 bridgehead atoms. The number of hydrogen-bond donors (Lipinski definition) is 1. The highest BCUT2D eigenvalue weighted by atomic mass is 35.5. The molecule has 0 spiro atoms. The molecule has 1 fully saturated rings. The number of piperazine rings is 1. The van der Waals surface area contributed by atoms with Gasteiger partial charge < -0.3 is 24.8 Å². The zero-order valence-corrected chi connectivity index (χ0v) is 26.7. The maximum absolute atomic E-state index is 6.39. The van der Waals surface area contributed by atoms with Crippen molar-refractivity contribution in [3.63, 3.8) is 0 Å².